The van der Waals surface area contributed by atoms with Gasteiger partial charge < -0.3 is 5.32 Å². The van der Waals surface area contributed by atoms with Gasteiger partial charge in [-0.3, -0.25) is 4.79 Å². The van der Waals surface area contributed by atoms with Crippen molar-refractivity contribution in [1.29, 1.82) is 0 Å². The van der Waals surface area contributed by atoms with Crippen LogP contribution in [0.3, 0.4) is 0 Å². The van der Waals surface area contributed by atoms with E-state index >= 15 is 0 Å². The van der Waals surface area contributed by atoms with E-state index in [-0.39, 0.29) is 6.54 Å². The number of para-hydroxylation sites is 1. The van der Waals surface area contributed by atoms with E-state index in [2.05, 4.69) is 10.4 Å². The van der Waals surface area contributed by atoms with Gasteiger partial charge in [0.1, 0.15) is 5.25 Å². The van der Waals surface area contributed by atoms with Crippen LogP contribution in [0.5, 0.6) is 0 Å². The predicted octanol–water partition coefficient (Wildman–Crippen LogP) is 1.54. The highest BCUT2D eigenvalue weighted by Gasteiger charge is 2.24. The fourth-order valence-electron chi connectivity index (χ4n) is 2.27. The second-order valence-corrected chi connectivity index (χ2v) is 7.95. The molecule has 0 spiro atoms. The number of rotatable bonds is 5. The van der Waals surface area contributed by atoms with Gasteiger partial charge in [0.05, 0.1) is 11.4 Å². The van der Waals surface area contributed by atoms with Crippen LogP contribution >= 0.6 is 0 Å². The molecule has 1 heterocycles. The van der Waals surface area contributed by atoms with Gasteiger partial charge in [-0.05, 0) is 32.9 Å². The largest absolute Gasteiger partial charge is 0.351 e. The van der Waals surface area contributed by atoms with Gasteiger partial charge in [0.25, 0.3) is 0 Å². The van der Waals surface area contributed by atoms with E-state index in [1.807, 2.05) is 48.9 Å². The van der Waals surface area contributed by atoms with Gasteiger partial charge in [0, 0.05) is 24.1 Å². The molecule has 0 saturated carbocycles. The van der Waals surface area contributed by atoms with Crippen molar-refractivity contribution in [1.82, 2.24) is 15.1 Å². The first-order valence-corrected chi connectivity index (χ1v) is 9.24. The summed E-state index contributed by atoms with van der Waals surface area (Å²) in [6.07, 6.45) is 1.06. The zero-order chi connectivity index (χ0) is 17.2. The third-order valence-corrected chi connectivity index (χ3v) is 5.39. The van der Waals surface area contributed by atoms with Crippen LogP contribution in [0.15, 0.2) is 30.3 Å². The van der Waals surface area contributed by atoms with E-state index in [0.29, 0.717) is 0 Å². The molecule has 7 heteroatoms. The summed E-state index contributed by atoms with van der Waals surface area (Å²) in [5.74, 6) is -0.501. The van der Waals surface area contributed by atoms with Crippen LogP contribution in [-0.4, -0.2) is 35.6 Å². The van der Waals surface area contributed by atoms with Crippen molar-refractivity contribution in [2.75, 3.05) is 6.26 Å². The monoisotopic (exact) mass is 335 g/mol. The Morgan fingerprint density at radius 1 is 1.26 bits per heavy atom. The number of carbonyl (C=O) groups excluding carboxylic acids is 1. The minimum absolute atomic E-state index is 0.253. The molecule has 1 aromatic heterocycles. The summed E-state index contributed by atoms with van der Waals surface area (Å²) in [6.45, 7) is 5.43. The van der Waals surface area contributed by atoms with Gasteiger partial charge in [-0.2, -0.15) is 5.10 Å². The Balaban J connectivity index is 2.19. The zero-order valence-electron chi connectivity index (χ0n) is 13.7. The van der Waals surface area contributed by atoms with Crippen molar-refractivity contribution >= 4 is 15.7 Å². The van der Waals surface area contributed by atoms with Crippen LogP contribution in [0, 0.1) is 13.8 Å². The molecule has 1 aromatic carbocycles. The van der Waals surface area contributed by atoms with E-state index in [0.717, 1.165) is 28.9 Å². The molecular weight excluding hydrogens is 314 g/mol. The Morgan fingerprint density at radius 3 is 2.43 bits per heavy atom. The van der Waals surface area contributed by atoms with E-state index in [1.165, 1.54) is 6.92 Å². The van der Waals surface area contributed by atoms with Gasteiger partial charge >= 0.3 is 0 Å². The molecule has 0 unspecified atom stereocenters. The maximum Gasteiger partial charge on any atom is 0.238 e. The van der Waals surface area contributed by atoms with Gasteiger partial charge in [-0.15, -0.1) is 0 Å². The van der Waals surface area contributed by atoms with Gasteiger partial charge in [-0.25, -0.2) is 13.1 Å². The Bertz CT molecular complexity index is 811. The van der Waals surface area contributed by atoms with E-state index in [9.17, 15) is 13.2 Å². The number of aromatic nitrogens is 2. The van der Waals surface area contributed by atoms with Gasteiger partial charge in [0.2, 0.25) is 5.91 Å². The number of hydrogen-bond acceptors (Lipinski definition) is 4. The molecular formula is C16H21N3O3S. The highest BCUT2D eigenvalue weighted by atomic mass is 32.2. The van der Waals surface area contributed by atoms with Crippen LogP contribution in [0.1, 0.15) is 23.9 Å². The summed E-state index contributed by atoms with van der Waals surface area (Å²) >= 11 is 0. The first-order valence-electron chi connectivity index (χ1n) is 7.29. The normalized spacial score (nSPS) is 12.9. The van der Waals surface area contributed by atoms with Crippen molar-refractivity contribution in [3.8, 4) is 5.69 Å². The molecule has 0 bridgehead atoms. The maximum atomic E-state index is 11.9. The summed E-state index contributed by atoms with van der Waals surface area (Å²) < 4.78 is 24.7. The topological polar surface area (TPSA) is 81.1 Å². The van der Waals surface area contributed by atoms with E-state index in [1.54, 1.807) is 0 Å². The van der Waals surface area contributed by atoms with E-state index < -0.39 is 21.0 Å². The highest BCUT2D eigenvalue weighted by Crippen LogP contribution is 2.17. The molecule has 1 atom stereocenters. The zero-order valence-corrected chi connectivity index (χ0v) is 14.5. The molecule has 2 aromatic rings. The smallest absolute Gasteiger partial charge is 0.238 e. The third kappa shape index (κ3) is 3.79. The highest BCUT2D eigenvalue weighted by molar-refractivity contribution is 7.92. The Kier molecular flexibility index (Phi) is 4.89. The Labute approximate surface area is 136 Å². The van der Waals surface area contributed by atoms with Crippen LogP contribution in [0.25, 0.3) is 5.69 Å². The molecule has 0 saturated heterocycles. The van der Waals surface area contributed by atoms with Gasteiger partial charge in [-0.1, -0.05) is 18.2 Å². The van der Waals surface area contributed by atoms with Crippen molar-refractivity contribution in [2.24, 2.45) is 0 Å². The SMILES string of the molecule is Cc1nn(-c2ccccc2)c(C)c1CNC(=O)[C@@H](C)S(C)(=O)=O. The summed E-state index contributed by atoms with van der Waals surface area (Å²) in [4.78, 5) is 11.9. The van der Waals surface area contributed by atoms with Crippen LogP contribution < -0.4 is 5.32 Å². The average Bonchev–Trinajstić information content (AvgIpc) is 2.79. The molecule has 0 aliphatic carbocycles. The summed E-state index contributed by atoms with van der Waals surface area (Å²) in [6, 6.07) is 9.70. The summed E-state index contributed by atoms with van der Waals surface area (Å²) in [5.41, 5.74) is 3.55. The molecule has 1 N–H and O–H groups in total. The lowest BCUT2D eigenvalue weighted by molar-refractivity contribution is -0.120. The van der Waals surface area contributed by atoms with Crippen molar-refractivity contribution in [3.05, 3.63) is 47.3 Å². The number of benzene rings is 1. The number of carbonyl (C=O) groups is 1. The molecule has 1 amide bonds. The molecule has 2 rings (SSSR count). The van der Waals surface area contributed by atoms with Crippen LogP contribution in [0.4, 0.5) is 0 Å². The minimum atomic E-state index is -3.40. The van der Waals surface area contributed by atoms with E-state index in [4.69, 9.17) is 0 Å². The second kappa shape index (κ2) is 6.54. The molecule has 0 fully saturated rings. The van der Waals surface area contributed by atoms with Crippen molar-refractivity contribution in [2.45, 2.75) is 32.6 Å². The van der Waals surface area contributed by atoms with Crippen molar-refractivity contribution in [3.63, 3.8) is 0 Å². The maximum absolute atomic E-state index is 11.9. The molecule has 6 nitrogen and oxygen atoms in total. The molecule has 0 radical (unpaired) electrons. The fourth-order valence-corrected chi connectivity index (χ4v) is 2.74. The number of sulfone groups is 1. The number of amides is 1. The Hall–Kier alpha value is -2.15. The lowest BCUT2D eigenvalue weighted by Crippen LogP contribution is -2.37. The lowest BCUT2D eigenvalue weighted by Gasteiger charge is -2.11. The second-order valence-electron chi connectivity index (χ2n) is 5.59. The fraction of sp³-hybridized carbons (Fsp3) is 0.375. The third-order valence-electron chi connectivity index (χ3n) is 3.89. The minimum Gasteiger partial charge on any atom is -0.351 e. The van der Waals surface area contributed by atoms with Gasteiger partial charge in [0.15, 0.2) is 9.84 Å². The number of nitrogens with zero attached hydrogens (tertiary/aromatic N) is 2. The molecule has 124 valence electrons. The number of hydrogen-bond donors (Lipinski definition) is 1. The first kappa shape index (κ1) is 17.2. The van der Waals surface area contributed by atoms with Crippen molar-refractivity contribution < 1.29 is 13.2 Å². The quantitative estimate of drug-likeness (QED) is 0.899. The molecule has 0 aliphatic heterocycles. The molecule has 0 aliphatic rings. The number of aryl methyl sites for hydroxylation is 1. The summed E-state index contributed by atoms with van der Waals surface area (Å²) in [7, 11) is -3.40. The van der Waals surface area contributed by atoms with Crippen LogP contribution in [-0.2, 0) is 21.2 Å². The Morgan fingerprint density at radius 2 is 1.87 bits per heavy atom. The lowest BCUT2D eigenvalue weighted by atomic mass is 10.2. The summed E-state index contributed by atoms with van der Waals surface area (Å²) in [5, 5.41) is 6.12. The number of nitrogens with one attached hydrogen (secondary N) is 1. The molecule has 23 heavy (non-hydrogen) atoms. The standard InChI is InChI=1S/C16H21N3O3S/c1-11-15(10-17-16(20)13(3)23(4,21)22)12(2)19(18-11)14-8-6-5-7-9-14/h5-9,13H,10H2,1-4H3,(H,17,20)/t13-/m1/s1. The predicted molar refractivity (Wildman–Crippen MR) is 89.2 cm³/mol. The average molecular weight is 335 g/mol. The van der Waals surface area contributed by atoms with Crippen LogP contribution in [0.2, 0.25) is 0 Å². The first-order chi connectivity index (χ1) is 10.7.